The number of nitrogens with one attached hydrogen (secondary N) is 1. The summed E-state index contributed by atoms with van der Waals surface area (Å²) in [6, 6.07) is 6.71. The molecule has 10 heteroatoms. The number of ether oxygens (including phenoxy) is 1. The van der Waals surface area contributed by atoms with Crippen LogP contribution in [0.1, 0.15) is 39.2 Å². The maximum absolute atomic E-state index is 12.4. The molecule has 0 saturated carbocycles. The van der Waals surface area contributed by atoms with Crippen molar-refractivity contribution in [2.75, 3.05) is 25.1 Å². The fourth-order valence-electron chi connectivity index (χ4n) is 3.59. The first-order valence-corrected chi connectivity index (χ1v) is 10.4. The summed E-state index contributed by atoms with van der Waals surface area (Å²) in [5, 5.41) is 2.56. The lowest BCUT2D eigenvalue weighted by atomic mass is 9.73. The summed E-state index contributed by atoms with van der Waals surface area (Å²) in [5.41, 5.74) is -1.10. The zero-order valence-corrected chi connectivity index (χ0v) is 18.8. The lowest BCUT2D eigenvalue weighted by molar-refractivity contribution is -0.156. The number of Topliss-reactive ketones (excluding diaryl/α,β-unsaturated/α-hetero) is 4. The van der Waals surface area contributed by atoms with Gasteiger partial charge in [-0.05, 0) is 44.9 Å². The molecule has 0 spiro atoms. The van der Waals surface area contributed by atoms with E-state index < -0.39 is 47.7 Å². The third-order valence-electron chi connectivity index (χ3n) is 5.49. The molecule has 1 saturated heterocycles. The Hall–Kier alpha value is -3.53. The number of aryl methyl sites for hydroxylation is 1. The van der Waals surface area contributed by atoms with E-state index >= 15 is 0 Å². The molecule has 0 unspecified atom stereocenters. The second-order valence-corrected chi connectivity index (χ2v) is 7.77. The predicted octanol–water partition coefficient (Wildman–Crippen LogP) is 0.656. The molecule has 2 rings (SSSR count). The largest absolute Gasteiger partial charge is 0.364 e. The van der Waals surface area contributed by atoms with E-state index in [4.69, 9.17) is 4.74 Å². The molecule has 1 heterocycles. The number of hydrogen-bond donors (Lipinski definition) is 1. The van der Waals surface area contributed by atoms with Crippen LogP contribution in [0.25, 0.3) is 0 Å². The molecule has 0 radical (unpaired) electrons. The molecule has 3 amide bonds. The quantitative estimate of drug-likeness (QED) is 0.355. The minimum Gasteiger partial charge on any atom is -0.364 e. The first-order valence-electron chi connectivity index (χ1n) is 10.4. The van der Waals surface area contributed by atoms with Crippen LogP contribution in [0.2, 0.25) is 0 Å². The van der Waals surface area contributed by atoms with Gasteiger partial charge < -0.3 is 10.1 Å². The molecule has 0 aromatic heterocycles. The highest BCUT2D eigenvalue weighted by molar-refractivity contribution is 6.37. The van der Waals surface area contributed by atoms with Crippen molar-refractivity contribution in [2.45, 2.75) is 40.0 Å². The summed E-state index contributed by atoms with van der Waals surface area (Å²) in [5.74, 6) is -4.63. The zero-order valence-electron chi connectivity index (χ0n) is 18.8. The molecule has 1 aliphatic rings. The number of imide groups is 1. The monoisotopic (exact) mass is 458 g/mol. The summed E-state index contributed by atoms with van der Waals surface area (Å²) in [7, 11) is 0. The van der Waals surface area contributed by atoms with Crippen LogP contribution in [0, 0.1) is 5.41 Å². The number of carbonyl (C=O) groups is 7. The minimum absolute atomic E-state index is 0.156. The van der Waals surface area contributed by atoms with Crippen molar-refractivity contribution in [3.8, 4) is 0 Å². The Bertz CT molecular complexity index is 960. The van der Waals surface area contributed by atoms with Crippen LogP contribution >= 0.6 is 0 Å². The van der Waals surface area contributed by atoms with Crippen molar-refractivity contribution in [1.82, 2.24) is 4.90 Å². The minimum atomic E-state index is -2.41. The number of amides is 3. The Morgan fingerprint density at radius 3 is 1.97 bits per heavy atom. The summed E-state index contributed by atoms with van der Waals surface area (Å²) >= 11 is 0. The van der Waals surface area contributed by atoms with Gasteiger partial charge in [0.2, 0.25) is 23.1 Å². The van der Waals surface area contributed by atoms with E-state index in [1.807, 2.05) is 0 Å². The van der Waals surface area contributed by atoms with E-state index in [2.05, 4.69) is 5.32 Å². The SMILES string of the molecule is CC(=O)C(C(C)=O)(C(C)=O)C(=O)COCC(=O)Nc1ccc(CCC(=O)N2CCC2=O)cc1. The number of ketones is 4. The Labute approximate surface area is 190 Å². The van der Waals surface area contributed by atoms with E-state index in [-0.39, 0.29) is 18.2 Å². The van der Waals surface area contributed by atoms with Gasteiger partial charge in [0.25, 0.3) is 0 Å². The van der Waals surface area contributed by atoms with E-state index in [1.165, 1.54) is 4.90 Å². The van der Waals surface area contributed by atoms with Gasteiger partial charge in [0, 0.05) is 25.1 Å². The summed E-state index contributed by atoms with van der Waals surface area (Å²) in [6.07, 6.45) is 1.07. The van der Waals surface area contributed by atoms with Crippen molar-refractivity contribution in [1.29, 1.82) is 0 Å². The van der Waals surface area contributed by atoms with Crippen LogP contribution in [0.3, 0.4) is 0 Å². The summed E-state index contributed by atoms with van der Waals surface area (Å²) in [4.78, 5) is 84.5. The van der Waals surface area contributed by atoms with Crippen LogP contribution in [0.5, 0.6) is 0 Å². The molecular formula is C23H26N2O8. The molecule has 1 N–H and O–H groups in total. The van der Waals surface area contributed by atoms with E-state index in [0.717, 1.165) is 26.3 Å². The van der Waals surface area contributed by atoms with Crippen LogP contribution < -0.4 is 5.32 Å². The van der Waals surface area contributed by atoms with Crippen LogP contribution in [-0.4, -0.2) is 65.5 Å². The van der Waals surface area contributed by atoms with Gasteiger partial charge in [-0.25, -0.2) is 0 Å². The van der Waals surface area contributed by atoms with Gasteiger partial charge in [0.15, 0.2) is 23.1 Å². The van der Waals surface area contributed by atoms with Crippen molar-refractivity contribution in [3.63, 3.8) is 0 Å². The molecule has 1 aliphatic heterocycles. The number of rotatable bonds is 12. The van der Waals surface area contributed by atoms with E-state index in [9.17, 15) is 33.6 Å². The highest BCUT2D eigenvalue weighted by Gasteiger charge is 2.51. The number of β-lactam (4-membered cyclic amide) rings is 1. The highest BCUT2D eigenvalue weighted by atomic mass is 16.5. The van der Waals surface area contributed by atoms with Gasteiger partial charge >= 0.3 is 0 Å². The fraction of sp³-hybridized carbons (Fsp3) is 0.435. The fourth-order valence-corrected chi connectivity index (χ4v) is 3.59. The number of likely N-dealkylation sites (tertiary alicyclic amines) is 1. The molecule has 0 aliphatic carbocycles. The Balaban J connectivity index is 1.82. The number of anilines is 1. The highest BCUT2D eigenvalue weighted by Crippen LogP contribution is 2.24. The normalized spacial score (nSPS) is 13.2. The smallest absolute Gasteiger partial charge is 0.250 e. The predicted molar refractivity (Wildman–Crippen MR) is 115 cm³/mol. The second-order valence-electron chi connectivity index (χ2n) is 7.77. The van der Waals surface area contributed by atoms with E-state index in [1.54, 1.807) is 24.3 Å². The van der Waals surface area contributed by atoms with Crippen LogP contribution in [0.4, 0.5) is 5.69 Å². The third-order valence-corrected chi connectivity index (χ3v) is 5.49. The Morgan fingerprint density at radius 2 is 1.52 bits per heavy atom. The first kappa shape index (κ1) is 25.7. The average Bonchev–Trinajstić information content (AvgIpc) is 2.71. The standard InChI is InChI=1S/C23H26N2O8/c1-14(26)23(15(2)27,16(3)28)19(29)12-33-13-20(30)24-18-7-4-17(5-8-18)6-9-21(31)25-11-10-22(25)32/h4-5,7-8H,6,9-13H2,1-3H3,(H,24,30). The second kappa shape index (κ2) is 10.9. The Morgan fingerprint density at radius 1 is 0.939 bits per heavy atom. The number of hydrogen-bond acceptors (Lipinski definition) is 8. The van der Waals surface area contributed by atoms with Gasteiger partial charge in [-0.15, -0.1) is 0 Å². The maximum atomic E-state index is 12.4. The van der Waals surface area contributed by atoms with Gasteiger partial charge in [0.1, 0.15) is 13.2 Å². The zero-order chi connectivity index (χ0) is 24.8. The lowest BCUT2D eigenvalue weighted by Gasteiger charge is -2.28. The van der Waals surface area contributed by atoms with E-state index in [0.29, 0.717) is 25.1 Å². The molecule has 1 aromatic carbocycles. The van der Waals surface area contributed by atoms with Crippen molar-refractivity contribution >= 4 is 46.5 Å². The molecule has 0 bridgehead atoms. The van der Waals surface area contributed by atoms with Crippen molar-refractivity contribution in [2.24, 2.45) is 5.41 Å². The summed E-state index contributed by atoms with van der Waals surface area (Å²) < 4.78 is 5.03. The van der Waals surface area contributed by atoms with Gasteiger partial charge in [0.05, 0.1) is 0 Å². The molecule has 10 nitrogen and oxygen atoms in total. The maximum Gasteiger partial charge on any atom is 0.250 e. The lowest BCUT2D eigenvalue weighted by Crippen LogP contribution is -2.51. The van der Waals surface area contributed by atoms with Crippen LogP contribution in [-0.2, 0) is 44.7 Å². The van der Waals surface area contributed by atoms with Crippen molar-refractivity contribution < 1.29 is 38.3 Å². The van der Waals surface area contributed by atoms with Crippen molar-refractivity contribution in [3.05, 3.63) is 29.8 Å². The average molecular weight is 458 g/mol. The van der Waals surface area contributed by atoms with Gasteiger partial charge in [-0.1, -0.05) is 12.1 Å². The third kappa shape index (κ3) is 5.83. The molecule has 33 heavy (non-hydrogen) atoms. The molecule has 1 aromatic rings. The first-order chi connectivity index (χ1) is 15.5. The van der Waals surface area contributed by atoms with Gasteiger partial charge in [-0.3, -0.25) is 38.5 Å². The number of benzene rings is 1. The number of carbonyl (C=O) groups excluding carboxylic acids is 7. The molecule has 1 fully saturated rings. The molecule has 0 atom stereocenters. The molecular weight excluding hydrogens is 432 g/mol. The topological polar surface area (TPSA) is 144 Å². The molecule has 176 valence electrons. The Kier molecular flexibility index (Phi) is 8.47. The van der Waals surface area contributed by atoms with Gasteiger partial charge in [-0.2, -0.15) is 0 Å². The summed E-state index contributed by atoms with van der Waals surface area (Å²) in [6.45, 7) is 2.14. The van der Waals surface area contributed by atoms with Crippen LogP contribution in [0.15, 0.2) is 24.3 Å². The number of nitrogens with zero attached hydrogens (tertiary/aromatic N) is 1.